The number of carbonyl (C=O) groups excluding carboxylic acids is 2. The van der Waals surface area contributed by atoms with Gasteiger partial charge in [0.05, 0.1) is 6.04 Å². The van der Waals surface area contributed by atoms with E-state index in [0.717, 1.165) is 0 Å². The van der Waals surface area contributed by atoms with Crippen LogP contribution in [0.15, 0.2) is 24.3 Å². The van der Waals surface area contributed by atoms with Crippen molar-refractivity contribution in [1.29, 1.82) is 0 Å². The van der Waals surface area contributed by atoms with Gasteiger partial charge in [0, 0.05) is 12.5 Å². The first kappa shape index (κ1) is 11.4. The molecule has 4 heteroatoms. The van der Waals surface area contributed by atoms with Crippen LogP contribution in [0.25, 0.3) is 0 Å². The molecule has 0 aliphatic heterocycles. The Hall–Kier alpha value is -1.71. The number of hydrogen-bond acceptors (Lipinski definition) is 2. The number of rotatable bonds is 3. The minimum absolute atomic E-state index is 0.231. The van der Waals surface area contributed by atoms with Crippen LogP contribution in [0.5, 0.6) is 0 Å². The van der Waals surface area contributed by atoms with Crippen molar-refractivity contribution in [2.45, 2.75) is 19.9 Å². The maximum atomic E-state index is 12.6. The summed E-state index contributed by atoms with van der Waals surface area (Å²) in [6, 6.07) is 4.64. The summed E-state index contributed by atoms with van der Waals surface area (Å²) < 4.78 is 12.6. The van der Waals surface area contributed by atoms with Gasteiger partial charge in [-0.15, -0.1) is 0 Å². The summed E-state index contributed by atoms with van der Waals surface area (Å²) in [4.78, 5) is 22.4. The summed E-state index contributed by atoms with van der Waals surface area (Å²) in [6.45, 7) is 2.93. The van der Waals surface area contributed by atoms with Crippen LogP contribution in [0.4, 0.5) is 4.39 Å². The maximum Gasteiger partial charge on any atom is 0.217 e. The summed E-state index contributed by atoms with van der Waals surface area (Å²) >= 11 is 0. The number of ketones is 1. The quantitative estimate of drug-likeness (QED) is 0.767. The molecule has 1 rings (SSSR count). The average Bonchev–Trinajstić information content (AvgIpc) is 2.17. The van der Waals surface area contributed by atoms with E-state index in [1.165, 1.54) is 31.2 Å². The third-order valence-corrected chi connectivity index (χ3v) is 1.94. The van der Waals surface area contributed by atoms with Crippen molar-refractivity contribution < 1.29 is 14.0 Å². The Morgan fingerprint density at radius 1 is 1.27 bits per heavy atom. The molecule has 0 heterocycles. The predicted molar refractivity (Wildman–Crippen MR) is 54.0 cm³/mol. The van der Waals surface area contributed by atoms with Crippen LogP contribution in [0, 0.1) is 5.82 Å². The monoisotopic (exact) mass is 209 g/mol. The second kappa shape index (κ2) is 4.68. The zero-order valence-electron chi connectivity index (χ0n) is 8.58. The molecule has 0 spiro atoms. The number of halogens is 1. The Morgan fingerprint density at radius 2 is 1.80 bits per heavy atom. The van der Waals surface area contributed by atoms with E-state index in [9.17, 15) is 14.0 Å². The molecular formula is C11H12FNO2. The first-order valence-electron chi connectivity index (χ1n) is 4.57. The third kappa shape index (κ3) is 3.16. The van der Waals surface area contributed by atoms with Crippen molar-refractivity contribution in [3.8, 4) is 0 Å². The highest BCUT2D eigenvalue weighted by Crippen LogP contribution is 2.05. The average molecular weight is 209 g/mol. The van der Waals surface area contributed by atoms with Crippen LogP contribution in [0.2, 0.25) is 0 Å². The van der Waals surface area contributed by atoms with E-state index in [1.807, 2.05) is 0 Å². The van der Waals surface area contributed by atoms with Crippen LogP contribution >= 0.6 is 0 Å². The molecule has 0 saturated carbocycles. The summed E-state index contributed by atoms with van der Waals surface area (Å²) in [5, 5.41) is 2.47. The molecule has 1 aromatic rings. The largest absolute Gasteiger partial charge is 0.346 e. The summed E-state index contributed by atoms with van der Waals surface area (Å²) in [6.07, 6.45) is 0. The highest BCUT2D eigenvalue weighted by molar-refractivity contribution is 6.01. The molecule has 1 aromatic carbocycles. The minimum atomic E-state index is -0.590. The van der Waals surface area contributed by atoms with E-state index in [2.05, 4.69) is 5.32 Å². The van der Waals surface area contributed by atoms with Gasteiger partial charge in [-0.3, -0.25) is 9.59 Å². The standard InChI is InChI=1S/C11H12FNO2/c1-7(13-8(2)14)11(15)9-3-5-10(12)6-4-9/h3-7H,1-2H3,(H,13,14). The summed E-state index contributed by atoms with van der Waals surface area (Å²) in [5.41, 5.74) is 0.387. The van der Waals surface area contributed by atoms with E-state index in [-0.39, 0.29) is 11.7 Å². The van der Waals surface area contributed by atoms with Crippen molar-refractivity contribution in [2.75, 3.05) is 0 Å². The molecule has 1 unspecified atom stereocenters. The molecule has 0 bridgehead atoms. The zero-order valence-corrected chi connectivity index (χ0v) is 8.58. The fraction of sp³-hybridized carbons (Fsp3) is 0.273. The van der Waals surface area contributed by atoms with Crippen LogP contribution in [0.1, 0.15) is 24.2 Å². The molecule has 0 aromatic heterocycles. The van der Waals surface area contributed by atoms with E-state index in [4.69, 9.17) is 0 Å². The molecule has 0 aliphatic carbocycles. The highest BCUT2D eigenvalue weighted by Gasteiger charge is 2.15. The Labute approximate surface area is 87.3 Å². The van der Waals surface area contributed by atoms with Crippen molar-refractivity contribution in [3.63, 3.8) is 0 Å². The second-order valence-electron chi connectivity index (χ2n) is 3.29. The van der Waals surface area contributed by atoms with Crippen LogP contribution in [0.3, 0.4) is 0 Å². The van der Waals surface area contributed by atoms with Crippen molar-refractivity contribution >= 4 is 11.7 Å². The van der Waals surface area contributed by atoms with Crippen LogP contribution < -0.4 is 5.32 Å². The Morgan fingerprint density at radius 3 is 2.27 bits per heavy atom. The third-order valence-electron chi connectivity index (χ3n) is 1.94. The molecule has 3 nitrogen and oxygen atoms in total. The molecule has 15 heavy (non-hydrogen) atoms. The lowest BCUT2D eigenvalue weighted by atomic mass is 10.1. The van der Waals surface area contributed by atoms with Gasteiger partial charge in [0.25, 0.3) is 0 Å². The van der Waals surface area contributed by atoms with Crippen LogP contribution in [-0.4, -0.2) is 17.7 Å². The van der Waals surface area contributed by atoms with Gasteiger partial charge in [0.2, 0.25) is 5.91 Å². The lowest BCUT2D eigenvalue weighted by Gasteiger charge is -2.10. The Kier molecular flexibility index (Phi) is 3.55. The molecular weight excluding hydrogens is 197 g/mol. The van der Waals surface area contributed by atoms with Gasteiger partial charge in [0.15, 0.2) is 5.78 Å². The SMILES string of the molecule is CC(=O)NC(C)C(=O)c1ccc(F)cc1. The summed E-state index contributed by atoms with van der Waals surface area (Å²) in [5.74, 6) is -0.887. The fourth-order valence-electron chi connectivity index (χ4n) is 1.23. The van der Waals surface area contributed by atoms with E-state index >= 15 is 0 Å². The topological polar surface area (TPSA) is 46.2 Å². The normalized spacial score (nSPS) is 11.9. The van der Waals surface area contributed by atoms with Gasteiger partial charge in [-0.05, 0) is 31.2 Å². The van der Waals surface area contributed by atoms with E-state index in [1.54, 1.807) is 6.92 Å². The van der Waals surface area contributed by atoms with Gasteiger partial charge < -0.3 is 5.32 Å². The lowest BCUT2D eigenvalue weighted by Crippen LogP contribution is -2.37. The molecule has 1 N–H and O–H groups in total. The second-order valence-corrected chi connectivity index (χ2v) is 3.29. The minimum Gasteiger partial charge on any atom is -0.346 e. The summed E-state index contributed by atoms with van der Waals surface area (Å²) in [7, 11) is 0. The number of amides is 1. The highest BCUT2D eigenvalue weighted by atomic mass is 19.1. The van der Waals surface area contributed by atoms with Gasteiger partial charge in [-0.2, -0.15) is 0 Å². The van der Waals surface area contributed by atoms with Crippen LogP contribution in [-0.2, 0) is 4.79 Å². The Balaban J connectivity index is 2.76. The lowest BCUT2D eigenvalue weighted by molar-refractivity contribution is -0.119. The molecule has 80 valence electrons. The van der Waals surface area contributed by atoms with Gasteiger partial charge in [-0.1, -0.05) is 0 Å². The van der Waals surface area contributed by atoms with E-state index < -0.39 is 11.9 Å². The molecule has 0 saturated heterocycles. The fourth-order valence-corrected chi connectivity index (χ4v) is 1.23. The first-order chi connectivity index (χ1) is 7.00. The van der Waals surface area contributed by atoms with Gasteiger partial charge in [0.1, 0.15) is 5.82 Å². The molecule has 1 amide bonds. The number of benzene rings is 1. The van der Waals surface area contributed by atoms with Gasteiger partial charge in [-0.25, -0.2) is 4.39 Å². The number of nitrogens with one attached hydrogen (secondary N) is 1. The van der Waals surface area contributed by atoms with Crippen molar-refractivity contribution in [3.05, 3.63) is 35.6 Å². The molecule has 0 aliphatic rings. The number of hydrogen-bond donors (Lipinski definition) is 1. The first-order valence-corrected chi connectivity index (χ1v) is 4.57. The number of Topliss-reactive ketones (excluding diaryl/α,β-unsaturated/α-hetero) is 1. The maximum absolute atomic E-state index is 12.6. The van der Waals surface area contributed by atoms with Gasteiger partial charge >= 0.3 is 0 Å². The van der Waals surface area contributed by atoms with Crippen molar-refractivity contribution in [2.24, 2.45) is 0 Å². The molecule has 0 fully saturated rings. The Bertz CT molecular complexity index is 373. The smallest absolute Gasteiger partial charge is 0.217 e. The zero-order chi connectivity index (χ0) is 11.4. The molecule has 0 radical (unpaired) electrons. The predicted octanol–water partition coefficient (Wildman–Crippen LogP) is 1.53. The van der Waals surface area contributed by atoms with E-state index in [0.29, 0.717) is 5.56 Å². The number of carbonyl (C=O) groups is 2. The molecule has 1 atom stereocenters. The van der Waals surface area contributed by atoms with Crippen molar-refractivity contribution in [1.82, 2.24) is 5.32 Å².